The van der Waals surface area contributed by atoms with Crippen molar-refractivity contribution in [3.8, 4) is 0 Å². The van der Waals surface area contributed by atoms with Gasteiger partial charge in [-0.3, -0.25) is 0 Å². The lowest BCUT2D eigenvalue weighted by Gasteiger charge is -2.14. The monoisotopic (exact) mass is 362 g/mol. The molecule has 0 amide bonds. The lowest BCUT2D eigenvalue weighted by molar-refractivity contribution is -0.138. The summed E-state index contributed by atoms with van der Waals surface area (Å²) in [6.07, 6.45) is -3.08. The van der Waals surface area contributed by atoms with Crippen LogP contribution >= 0.6 is 15.9 Å². The van der Waals surface area contributed by atoms with Gasteiger partial charge >= 0.3 is 6.18 Å². The van der Waals surface area contributed by atoms with Gasteiger partial charge in [0.15, 0.2) is 0 Å². The molecular weight excluding hydrogens is 352 g/mol. The second-order valence-corrected chi connectivity index (χ2v) is 5.24. The molecule has 0 unspecified atom stereocenters. The van der Waals surface area contributed by atoms with Crippen LogP contribution in [-0.4, -0.2) is 4.98 Å². The Labute approximate surface area is 127 Å². The molecule has 1 aromatic carbocycles. The van der Waals surface area contributed by atoms with E-state index in [1.54, 1.807) is 6.07 Å². The number of alkyl halides is 3. The molecule has 0 aliphatic rings. The third-order valence-corrected chi connectivity index (χ3v) is 3.70. The van der Waals surface area contributed by atoms with E-state index in [2.05, 4.69) is 26.2 Å². The van der Waals surface area contributed by atoms with E-state index in [-0.39, 0.29) is 12.1 Å². The largest absolute Gasteiger partial charge is 0.416 e. The van der Waals surface area contributed by atoms with Crippen molar-refractivity contribution in [2.24, 2.45) is 0 Å². The summed E-state index contributed by atoms with van der Waals surface area (Å²) in [6, 6.07) is 4.40. The summed E-state index contributed by atoms with van der Waals surface area (Å²) in [5, 5.41) is 2.86. The van der Waals surface area contributed by atoms with Crippen LogP contribution in [-0.2, 0) is 12.7 Å². The van der Waals surface area contributed by atoms with Crippen molar-refractivity contribution < 1.29 is 17.6 Å². The molecule has 0 atom stereocenters. The number of aryl methyl sites for hydroxylation is 1. The molecule has 1 aromatic heterocycles. The Morgan fingerprint density at radius 3 is 2.57 bits per heavy atom. The normalized spacial score (nSPS) is 11.5. The fourth-order valence-electron chi connectivity index (χ4n) is 1.82. The summed E-state index contributed by atoms with van der Waals surface area (Å²) in [6.45, 7) is 1.75. The molecule has 0 saturated heterocycles. The summed E-state index contributed by atoms with van der Waals surface area (Å²) < 4.78 is 52.2. The van der Waals surface area contributed by atoms with E-state index in [0.29, 0.717) is 16.4 Å². The van der Waals surface area contributed by atoms with Gasteiger partial charge in [-0.25, -0.2) is 9.37 Å². The number of nitrogens with one attached hydrogen (secondary N) is 1. The molecule has 1 heterocycles. The molecule has 0 saturated carbocycles. The van der Waals surface area contributed by atoms with Crippen LogP contribution < -0.4 is 5.32 Å². The number of aromatic nitrogens is 1. The Balaban J connectivity index is 2.22. The lowest BCUT2D eigenvalue weighted by Crippen LogP contribution is -2.12. The Kier molecular flexibility index (Phi) is 4.51. The number of halogens is 5. The number of nitrogens with zero attached hydrogens (tertiary/aromatic N) is 1. The lowest BCUT2D eigenvalue weighted by atomic mass is 10.1. The molecule has 0 radical (unpaired) electrons. The number of benzene rings is 1. The molecule has 0 aliphatic heterocycles. The number of anilines is 1. The van der Waals surface area contributed by atoms with Gasteiger partial charge in [0.1, 0.15) is 10.4 Å². The quantitative estimate of drug-likeness (QED) is 0.618. The second kappa shape index (κ2) is 6.01. The number of hydrogen-bond acceptors (Lipinski definition) is 2. The third-order valence-electron chi connectivity index (χ3n) is 2.87. The molecule has 0 bridgehead atoms. The Morgan fingerprint density at radius 1 is 1.24 bits per heavy atom. The average Bonchev–Trinajstić information content (AvgIpc) is 2.40. The van der Waals surface area contributed by atoms with E-state index < -0.39 is 17.6 Å². The SMILES string of the molecule is Cc1cc(NCc2ccc(F)cc2C(F)(F)F)cnc1Br. The highest BCUT2D eigenvalue weighted by molar-refractivity contribution is 9.10. The predicted octanol–water partition coefficient (Wildman–Crippen LogP) is 4.92. The van der Waals surface area contributed by atoms with Crippen LogP contribution in [0.5, 0.6) is 0 Å². The highest BCUT2D eigenvalue weighted by Gasteiger charge is 2.33. The molecule has 2 nitrogen and oxygen atoms in total. The highest BCUT2D eigenvalue weighted by Crippen LogP contribution is 2.33. The van der Waals surface area contributed by atoms with Gasteiger partial charge in [0, 0.05) is 6.54 Å². The molecule has 1 N–H and O–H groups in total. The van der Waals surface area contributed by atoms with Crippen molar-refractivity contribution in [2.75, 3.05) is 5.32 Å². The average molecular weight is 363 g/mol. The highest BCUT2D eigenvalue weighted by atomic mass is 79.9. The van der Waals surface area contributed by atoms with Gasteiger partial charge in [-0.05, 0) is 52.2 Å². The summed E-state index contributed by atoms with van der Waals surface area (Å²) in [5.74, 6) is -0.910. The second-order valence-electron chi connectivity index (χ2n) is 4.48. The van der Waals surface area contributed by atoms with Crippen molar-refractivity contribution in [2.45, 2.75) is 19.6 Å². The van der Waals surface area contributed by atoms with E-state index >= 15 is 0 Å². The zero-order valence-corrected chi connectivity index (χ0v) is 12.5. The Bertz CT molecular complexity index is 656. The van der Waals surface area contributed by atoms with E-state index in [1.165, 1.54) is 6.20 Å². The maximum atomic E-state index is 13.0. The topological polar surface area (TPSA) is 24.9 Å². The van der Waals surface area contributed by atoms with Crippen LogP contribution in [0.25, 0.3) is 0 Å². The first-order valence-electron chi connectivity index (χ1n) is 5.99. The maximum absolute atomic E-state index is 13.0. The molecule has 0 spiro atoms. The summed E-state index contributed by atoms with van der Waals surface area (Å²) in [5.41, 5.74) is 0.449. The zero-order chi connectivity index (χ0) is 15.6. The summed E-state index contributed by atoms with van der Waals surface area (Å²) in [4.78, 5) is 4.05. The van der Waals surface area contributed by atoms with Crippen LogP contribution in [0.15, 0.2) is 35.1 Å². The fourth-order valence-corrected chi connectivity index (χ4v) is 2.04. The number of pyridine rings is 1. The third kappa shape index (κ3) is 3.93. The molecule has 0 aliphatic carbocycles. The summed E-state index contributed by atoms with van der Waals surface area (Å²) >= 11 is 3.24. The standard InChI is InChI=1S/C14H11BrF4N2/c1-8-4-11(7-21-13(8)15)20-6-9-2-3-10(16)5-12(9)14(17,18)19/h2-5,7,20H,6H2,1H3. The molecule has 2 aromatic rings. The van der Waals surface area contributed by atoms with E-state index in [9.17, 15) is 17.6 Å². The molecule has 21 heavy (non-hydrogen) atoms. The van der Waals surface area contributed by atoms with Gasteiger partial charge in [0.2, 0.25) is 0 Å². The van der Waals surface area contributed by atoms with E-state index in [1.807, 2.05) is 6.92 Å². The summed E-state index contributed by atoms with van der Waals surface area (Å²) in [7, 11) is 0. The predicted molar refractivity (Wildman–Crippen MR) is 75.4 cm³/mol. The maximum Gasteiger partial charge on any atom is 0.416 e. The van der Waals surface area contributed by atoms with Crippen LogP contribution in [0.3, 0.4) is 0 Å². The van der Waals surface area contributed by atoms with Gasteiger partial charge in [0.05, 0.1) is 17.4 Å². The molecule has 0 fully saturated rings. The van der Waals surface area contributed by atoms with Crippen molar-refractivity contribution in [3.05, 3.63) is 57.6 Å². The van der Waals surface area contributed by atoms with Gasteiger partial charge in [-0.2, -0.15) is 13.2 Å². The van der Waals surface area contributed by atoms with E-state index in [4.69, 9.17) is 0 Å². The van der Waals surface area contributed by atoms with Crippen LogP contribution in [0.1, 0.15) is 16.7 Å². The Morgan fingerprint density at radius 2 is 1.95 bits per heavy atom. The van der Waals surface area contributed by atoms with Crippen molar-refractivity contribution in [1.29, 1.82) is 0 Å². The molecule has 2 rings (SSSR count). The molecular formula is C14H11BrF4N2. The number of rotatable bonds is 3. The molecule has 112 valence electrons. The minimum absolute atomic E-state index is 0.0236. The van der Waals surface area contributed by atoms with Gasteiger partial charge < -0.3 is 5.32 Å². The van der Waals surface area contributed by atoms with Gasteiger partial charge in [0.25, 0.3) is 0 Å². The van der Waals surface area contributed by atoms with Crippen molar-refractivity contribution in [3.63, 3.8) is 0 Å². The smallest absolute Gasteiger partial charge is 0.380 e. The fraction of sp³-hybridized carbons (Fsp3) is 0.214. The van der Waals surface area contributed by atoms with Crippen LogP contribution in [0.4, 0.5) is 23.2 Å². The molecule has 7 heteroatoms. The van der Waals surface area contributed by atoms with Crippen LogP contribution in [0.2, 0.25) is 0 Å². The van der Waals surface area contributed by atoms with Gasteiger partial charge in [-0.1, -0.05) is 6.07 Å². The first-order chi connectivity index (χ1) is 9.77. The minimum Gasteiger partial charge on any atom is -0.380 e. The van der Waals surface area contributed by atoms with Gasteiger partial charge in [-0.15, -0.1) is 0 Å². The first-order valence-corrected chi connectivity index (χ1v) is 6.78. The first kappa shape index (κ1) is 15.8. The van der Waals surface area contributed by atoms with Crippen LogP contribution in [0, 0.1) is 12.7 Å². The van der Waals surface area contributed by atoms with Crippen molar-refractivity contribution >= 4 is 21.6 Å². The van der Waals surface area contributed by atoms with Crippen molar-refractivity contribution in [1.82, 2.24) is 4.98 Å². The number of hydrogen-bond donors (Lipinski definition) is 1. The Hall–Kier alpha value is -1.63. The zero-order valence-electron chi connectivity index (χ0n) is 10.9. The van der Waals surface area contributed by atoms with E-state index in [0.717, 1.165) is 17.7 Å². The minimum atomic E-state index is -4.59.